The summed E-state index contributed by atoms with van der Waals surface area (Å²) in [4.78, 5) is 24.6. The molecule has 7 heteroatoms. The van der Waals surface area contributed by atoms with Gasteiger partial charge in [-0.05, 0) is 24.5 Å². The predicted molar refractivity (Wildman–Crippen MR) is 95.4 cm³/mol. The van der Waals surface area contributed by atoms with E-state index >= 15 is 0 Å². The van der Waals surface area contributed by atoms with E-state index in [1.807, 2.05) is 13.2 Å². The normalized spacial score (nSPS) is 18.1. The molecule has 1 aromatic rings. The Morgan fingerprint density at radius 1 is 1.36 bits per heavy atom. The molecular formula is C18H22O6S. The van der Waals surface area contributed by atoms with E-state index < -0.39 is 17.9 Å². The van der Waals surface area contributed by atoms with E-state index in [1.54, 1.807) is 30.0 Å². The van der Waals surface area contributed by atoms with Crippen LogP contribution in [0.5, 0.6) is 11.5 Å². The molecule has 0 amide bonds. The molecule has 0 saturated carbocycles. The van der Waals surface area contributed by atoms with Gasteiger partial charge in [-0.2, -0.15) is 11.8 Å². The number of esters is 1. The summed E-state index contributed by atoms with van der Waals surface area (Å²) >= 11 is 1.60. The van der Waals surface area contributed by atoms with Crippen molar-refractivity contribution in [3.63, 3.8) is 0 Å². The van der Waals surface area contributed by atoms with Crippen LogP contribution in [0, 0.1) is 0 Å². The number of ketones is 1. The molecule has 1 N–H and O–H groups in total. The van der Waals surface area contributed by atoms with Crippen molar-refractivity contribution < 1.29 is 28.9 Å². The third-order valence-corrected chi connectivity index (χ3v) is 5.08. The second kappa shape index (κ2) is 8.29. The lowest BCUT2D eigenvalue weighted by Crippen LogP contribution is -2.16. The highest BCUT2D eigenvalue weighted by Gasteiger charge is 2.38. The molecule has 1 aliphatic rings. The minimum Gasteiger partial charge on any atom is -0.507 e. The molecule has 25 heavy (non-hydrogen) atoms. The maximum Gasteiger partial charge on any atom is 0.346 e. The number of benzene rings is 1. The van der Waals surface area contributed by atoms with Gasteiger partial charge in [-0.1, -0.05) is 6.92 Å². The van der Waals surface area contributed by atoms with Gasteiger partial charge in [-0.25, -0.2) is 4.79 Å². The van der Waals surface area contributed by atoms with Gasteiger partial charge in [0.25, 0.3) is 0 Å². The molecule has 0 fully saturated rings. The van der Waals surface area contributed by atoms with Crippen molar-refractivity contribution in [1.29, 1.82) is 0 Å². The molecule has 2 atom stereocenters. The van der Waals surface area contributed by atoms with Gasteiger partial charge in [0.2, 0.25) is 0 Å². The molecule has 1 aliphatic heterocycles. The standard InChI is InChI=1S/C18H22O6S/c1-10(25-4)7-15-17(20)16(18(21)24-15)13(19)9-11-8-12(22-2)5-6-14(11)23-3/h5-6,8,10,15,20H,7,9H2,1-4H3. The number of methoxy groups -OCH3 is 2. The Balaban J connectivity index is 2.24. The van der Waals surface area contributed by atoms with E-state index in [-0.39, 0.29) is 23.0 Å². The van der Waals surface area contributed by atoms with E-state index in [0.29, 0.717) is 23.5 Å². The van der Waals surface area contributed by atoms with Gasteiger partial charge in [-0.15, -0.1) is 0 Å². The highest BCUT2D eigenvalue weighted by atomic mass is 32.2. The number of aliphatic hydroxyl groups is 1. The molecule has 0 radical (unpaired) electrons. The van der Waals surface area contributed by atoms with E-state index in [1.165, 1.54) is 14.2 Å². The lowest BCUT2D eigenvalue weighted by Gasteiger charge is -2.13. The molecule has 2 rings (SSSR count). The summed E-state index contributed by atoms with van der Waals surface area (Å²) < 4.78 is 15.6. The van der Waals surface area contributed by atoms with Gasteiger partial charge in [0.15, 0.2) is 17.6 Å². The highest BCUT2D eigenvalue weighted by molar-refractivity contribution is 7.99. The second-order valence-corrected chi connectivity index (χ2v) is 6.99. The fraction of sp³-hybridized carbons (Fsp3) is 0.444. The van der Waals surface area contributed by atoms with Gasteiger partial charge in [-0.3, -0.25) is 4.79 Å². The SMILES string of the molecule is COc1ccc(OC)c(CC(=O)C2=C(O)C(CC(C)SC)OC2=O)c1. The number of cyclic esters (lactones) is 1. The maximum atomic E-state index is 12.6. The average Bonchev–Trinajstić information content (AvgIpc) is 2.88. The van der Waals surface area contributed by atoms with Crippen LogP contribution < -0.4 is 9.47 Å². The molecule has 136 valence electrons. The molecule has 0 aromatic heterocycles. The smallest absolute Gasteiger partial charge is 0.346 e. The van der Waals surface area contributed by atoms with E-state index in [4.69, 9.17) is 14.2 Å². The number of rotatable bonds is 8. The first kappa shape index (κ1) is 19.2. The predicted octanol–water partition coefficient (Wildman–Crippen LogP) is 2.69. The molecule has 0 bridgehead atoms. The summed E-state index contributed by atoms with van der Waals surface area (Å²) in [6.45, 7) is 1.96. The van der Waals surface area contributed by atoms with Gasteiger partial charge in [0.1, 0.15) is 17.1 Å². The van der Waals surface area contributed by atoms with E-state index in [2.05, 4.69) is 0 Å². The molecule has 0 aliphatic carbocycles. The molecule has 2 unspecified atom stereocenters. The Labute approximate surface area is 151 Å². The fourth-order valence-corrected chi connectivity index (χ4v) is 2.97. The fourth-order valence-electron chi connectivity index (χ4n) is 2.61. The number of aliphatic hydroxyl groups excluding tert-OH is 1. The Kier molecular flexibility index (Phi) is 6.36. The monoisotopic (exact) mass is 366 g/mol. The van der Waals surface area contributed by atoms with Gasteiger partial charge in [0, 0.05) is 23.7 Å². The van der Waals surface area contributed by atoms with Crippen LogP contribution in [-0.4, -0.2) is 48.7 Å². The summed E-state index contributed by atoms with van der Waals surface area (Å²) in [5.41, 5.74) is 0.295. The third-order valence-electron chi connectivity index (χ3n) is 4.08. The Morgan fingerprint density at radius 2 is 2.08 bits per heavy atom. The van der Waals surface area contributed by atoms with Crippen LogP contribution in [0.3, 0.4) is 0 Å². The zero-order valence-electron chi connectivity index (χ0n) is 14.7. The zero-order valence-corrected chi connectivity index (χ0v) is 15.5. The number of carbonyl (C=O) groups is 2. The maximum absolute atomic E-state index is 12.6. The number of carbonyl (C=O) groups excluding carboxylic acids is 2. The largest absolute Gasteiger partial charge is 0.507 e. The molecule has 0 spiro atoms. The van der Waals surface area contributed by atoms with Crippen LogP contribution in [0.15, 0.2) is 29.5 Å². The zero-order chi connectivity index (χ0) is 18.6. The molecule has 6 nitrogen and oxygen atoms in total. The highest BCUT2D eigenvalue weighted by Crippen LogP contribution is 2.30. The van der Waals surface area contributed by atoms with Crippen LogP contribution in [-0.2, 0) is 20.7 Å². The lowest BCUT2D eigenvalue weighted by molar-refractivity contribution is -0.141. The van der Waals surface area contributed by atoms with Crippen LogP contribution >= 0.6 is 11.8 Å². The van der Waals surface area contributed by atoms with Crippen molar-refractivity contribution >= 4 is 23.5 Å². The number of hydrogen-bond donors (Lipinski definition) is 1. The van der Waals surface area contributed by atoms with Crippen molar-refractivity contribution in [3.05, 3.63) is 35.1 Å². The number of hydrogen-bond acceptors (Lipinski definition) is 7. The van der Waals surface area contributed by atoms with Crippen LogP contribution in [0.1, 0.15) is 18.9 Å². The van der Waals surface area contributed by atoms with Gasteiger partial charge < -0.3 is 19.3 Å². The second-order valence-electron chi connectivity index (χ2n) is 5.71. The topological polar surface area (TPSA) is 82.1 Å². The summed E-state index contributed by atoms with van der Waals surface area (Å²) in [7, 11) is 3.02. The minimum absolute atomic E-state index is 0.0976. The van der Waals surface area contributed by atoms with E-state index in [9.17, 15) is 14.7 Å². The average molecular weight is 366 g/mol. The quantitative estimate of drug-likeness (QED) is 0.559. The first-order chi connectivity index (χ1) is 11.9. The Hall–Kier alpha value is -2.15. The number of Topliss-reactive ketones (excluding diaryl/α,β-unsaturated/α-hetero) is 1. The van der Waals surface area contributed by atoms with Gasteiger partial charge >= 0.3 is 5.97 Å². The lowest BCUT2D eigenvalue weighted by atomic mass is 10.0. The summed E-state index contributed by atoms with van der Waals surface area (Å²) in [6, 6.07) is 5.07. The van der Waals surface area contributed by atoms with Crippen LogP contribution in [0.25, 0.3) is 0 Å². The Bertz CT molecular complexity index is 697. The van der Waals surface area contributed by atoms with Crippen LogP contribution in [0.4, 0.5) is 0 Å². The summed E-state index contributed by atoms with van der Waals surface area (Å²) in [5.74, 6) is -0.482. The number of ether oxygens (including phenoxy) is 3. The molecule has 0 saturated heterocycles. The minimum atomic E-state index is -0.775. The van der Waals surface area contributed by atoms with Crippen molar-refractivity contribution in [2.24, 2.45) is 0 Å². The summed E-state index contributed by atoms with van der Waals surface area (Å²) in [6.07, 6.45) is 1.53. The van der Waals surface area contributed by atoms with E-state index in [0.717, 1.165) is 0 Å². The Morgan fingerprint density at radius 3 is 2.68 bits per heavy atom. The summed E-state index contributed by atoms with van der Waals surface area (Å²) in [5, 5.41) is 10.5. The number of thioether (sulfide) groups is 1. The van der Waals surface area contributed by atoms with Crippen molar-refractivity contribution in [1.82, 2.24) is 0 Å². The van der Waals surface area contributed by atoms with Crippen LogP contribution in [0.2, 0.25) is 0 Å². The molecule has 1 aromatic carbocycles. The van der Waals surface area contributed by atoms with Crippen molar-refractivity contribution in [2.45, 2.75) is 31.1 Å². The molecule has 1 heterocycles. The third kappa shape index (κ3) is 4.28. The van der Waals surface area contributed by atoms with Gasteiger partial charge in [0.05, 0.1) is 14.2 Å². The van der Waals surface area contributed by atoms with Crippen molar-refractivity contribution in [2.75, 3.05) is 20.5 Å². The first-order valence-electron chi connectivity index (χ1n) is 7.82. The molecular weight excluding hydrogens is 344 g/mol. The van der Waals surface area contributed by atoms with Crippen molar-refractivity contribution in [3.8, 4) is 11.5 Å². The first-order valence-corrected chi connectivity index (χ1v) is 9.11.